The molecule has 0 bridgehead atoms. The summed E-state index contributed by atoms with van der Waals surface area (Å²) in [6, 6.07) is 8.03. The van der Waals surface area contributed by atoms with E-state index in [9.17, 15) is 4.39 Å². The molecule has 0 atom stereocenters. The normalized spacial score (nSPS) is 11.7. The Bertz CT molecular complexity index is 246. The van der Waals surface area contributed by atoms with Crippen LogP contribution in [0.25, 0.3) is 0 Å². The van der Waals surface area contributed by atoms with E-state index in [1.807, 2.05) is 45.0 Å². The minimum Gasteiger partial charge on any atom is -0.250 e. The molecule has 0 aliphatic heterocycles. The average Bonchev–Trinajstić information content (AvgIpc) is 2.05. The number of hydrogen-bond acceptors (Lipinski definition) is 0. The van der Waals surface area contributed by atoms with Crippen LogP contribution in [0.2, 0.25) is 0 Å². The van der Waals surface area contributed by atoms with Gasteiger partial charge in [-0.1, -0.05) is 43.7 Å². The zero-order valence-corrected chi connectivity index (χ0v) is 7.89. The zero-order valence-electron chi connectivity index (χ0n) is 7.89. The van der Waals surface area contributed by atoms with Gasteiger partial charge in [-0.3, -0.25) is 4.39 Å². The summed E-state index contributed by atoms with van der Waals surface area (Å²) in [7, 11) is 0. The van der Waals surface area contributed by atoms with Crippen molar-refractivity contribution in [2.24, 2.45) is 0 Å². The molecule has 0 nitrogen and oxygen atoms in total. The molecule has 0 radical (unpaired) electrons. The van der Waals surface area contributed by atoms with E-state index in [1.165, 1.54) is 5.56 Å². The van der Waals surface area contributed by atoms with Crippen LogP contribution in [0.1, 0.15) is 25.0 Å². The molecule has 0 heterocycles. The van der Waals surface area contributed by atoms with Crippen LogP contribution in [-0.4, -0.2) is 6.67 Å². The largest absolute Gasteiger partial charge is 0.250 e. The summed E-state index contributed by atoms with van der Waals surface area (Å²) >= 11 is 0. The van der Waals surface area contributed by atoms with E-state index >= 15 is 0 Å². The first-order chi connectivity index (χ1) is 5.56. The molecule has 0 saturated heterocycles. The van der Waals surface area contributed by atoms with Crippen LogP contribution < -0.4 is 0 Å². The highest BCUT2D eigenvalue weighted by Gasteiger charge is 2.19. The predicted octanol–water partition coefficient (Wildman–Crippen LogP) is 3.24. The number of hydrogen-bond donors (Lipinski definition) is 0. The van der Waals surface area contributed by atoms with E-state index in [2.05, 4.69) is 0 Å². The lowest BCUT2D eigenvalue weighted by molar-refractivity contribution is 0.351. The smallest absolute Gasteiger partial charge is 0.0985 e. The summed E-state index contributed by atoms with van der Waals surface area (Å²) in [6.07, 6.45) is 0. The Morgan fingerprint density at radius 3 is 2.08 bits per heavy atom. The molecular weight excluding hydrogens is 151 g/mol. The Kier molecular flexibility index (Phi) is 2.51. The van der Waals surface area contributed by atoms with Crippen molar-refractivity contribution >= 4 is 0 Å². The maximum absolute atomic E-state index is 12.6. The van der Waals surface area contributed by atoms with Crippen molar-refractivity contribution in [1.29, 1.82) is 0 Å². The molecular formula is C11H15F. The standard InChI is InChI=1S/C11H15F/c1-9-4-6-10(7-5-9)11(2,3)8-12/h4-7H,8H2,1-3H3. The number of benzene rings is 1. The maximum Gasteiger partial charge on any atom is 0.0985 e. The van der Waals surface area contributed by atoms with Crippen LogP contribution >= 0.6 is 0 Å². The molecule has 1 heteroatoms. The van der Waals surface area contributed by atoms with E-state index in [0.717, 1.165) is 5.56 Å². The molecule has 1 aromatic carbocycles. The number of halogens is 1. The van der Waals surface area contributed by atoms with Gasteiger partial charge in [-0.15, -0.1) is 0 Å². The Hall–Kier alpha value is -0.850. The Morgan fingerprint density at radius 2 is 1.67 bits per heavy atom. The summed E-state index contributed by atoms with van der Waals surface area (Å²) < 4.78 is 12.6. The van der Waals surface area contributed by atoms with Crippen molar-refractivity contribution in [2.75, 3.05) is 6.67 Å². The Balaban J connectivity index is 2.96. The Morgan fingerprint density at radius 1 is 1.17 bits per heavy atom. The van der Waals surface area contributed by atoms with Crippen LogP contribution in [-0.2, 0) is 5.41 Å². The third-order valence-electron chi connectivity index (χ3n) is 2.17. The van der Waals surface area contributed by atoms with Crippen molar-refractivity contribution in [3.05, 3.63) is 35.4 Å². The molecule has 0 N–H and O–H groups in total. The predicted molar refractivity (Wildman–Crippen MR) is 50.2 cm³/mol. The quantitative estimate of drug-likeness (QED) is 0.632. The summed E-state index contributed by atoms with van der Waals surface area (Å²) in [4.78, 5) is 0. The van der Waals surface area contributed by atoms with E-state index < -0.39 is 0 Å². The number of alkyl halides is 1. The highest BCUT2D eigenvalue weighted by molar-refractivity contribution is 5.27. The fourth-order valence-electron chi connectivity index (χ4n) is 1.08. The minimum atomic E-state index is -0.340. The highest BCUT2D eigenvalue weighted by Crippen LogP contribution is 2.23. The zero-order chi connectivity index (χ0) is 9.19. The van der Waals surface area contributed by atoms with Crippen LogP contribution in [0, 0.1) is 6.92 Å². The van der Waals surface area contributed by atoms with Crippen molar-refractivity contribution < 1.29 is 4.39 Å². The van der Waals surface area contributed by atoms with Gasteiger partial charge in [0.2, 0.25) is 0 Å². The van der Waals surface area contributed by atoms with Gasteiger partial charge in [0.1, 0.15) is 0 Å². The van der Waals surface area contributed by atoms with Crippen molar-refractivity contribution in [1.82, 2.24) is 0 Å². The molecule has 0 amide bonds. The van der Waals surface area contributed by atoms with Gasteiger partial charge in [-0.2, -0.15) is 0 Å². The van der Waals surface area contributed by atoms with Gasteiger partial charge >= 0.3 is 0 Å². The van der Waals surface area contributed by atoms with Gasteiger partial charge < -0.3 is 0 Å². The van der Waals surface area contributed by atoms with E-state index in [0.29, 0.717) is 0 Å². The van der Waals surface area contributed by atoms with Gasteiger partial charge in [0.05, 0.1) is 6.67 Å². The lowest BCUT2D eigenvalue weighted by Crippen LogP contribution is -2.19. The summed E-state index contributed by atoms with van der Waals surface area (Å²) in [6.45, 7) is 5.55. The third kappa shape index (κ3) is 1.84. The van der Waals surface area contributed by atoms with Crippen LogP contribution in [0.15, 0.2) is 24.3 Å². The highest BCUT2D eigenvalue weighted by atomic mass is 19.1. The van der Waals surface area contributed by atoms with Gasteiger partial charge in [0, 0.05) is 5.41 Å². The number of aryl methyl sites for hydroxylation is 1. The second-order valence-corrected chi connectivity index (χ2v) is 3.88. The van der Waals surface area contributed by atoms with Crippen LogP contribution in [0.5, 0.6) is 0 Å². The lowest BCUT2D eigenvalue weighted by atomic mass is 9.86. The third-order valence-corrected chi connectivity index (χ3v) is 2.17. The maximum atomic E-state index is 12.6. The molecule has 0 aliphatic carbocycles. The molecule has 1 aromatic rings. The SMILES string of the molecule is Cc1ccc(C(C)(C)CF)cc1. The van der Waals surface area contributed by atoms with E-state index in [-0.39, 0.29) is 12.1 Å². The molecule has 0 saturated carbocycles. The molecule has 1 rings (SSSR count). The molecule has 0 spiro atoms. The van der Waals surface area contributed by atoms with Crippen LogP contribution in [0.3, 0.4) is 0 Å². The Labute approximate surface area is 73.4 Å². The van der Waals surface area contributed by atoms with Crippen molar-refractivity contribution in [3.8, 4) is 0 Å². The minimum absolute atomic E-state index is 0.309. The molecule has 0 unspecified atom stereocenters. The lowest BCUT2D eigenvalue weighted by Gasteiger charge is -2.20. The molecule has 0 aromatic heterocycles. The van der Waals surface area contributed by atoms with Gasteiger partial charge in [-0.05, 0) is 12.5 Å². The first-order valence-corrected chi connectivity index (χ1v) is 4.19. The van der Waals surface area contributed by atoms with Crippen molar-refractivity contribution in [2.45, 2.75) is 26.2 Å². The molecule has 66 valence electrons. The van der Waals surface area contributed by atoms with Crippen molar-refractivity contribution in [3.63, 3.8) is 0 Å². The van der Waals surface area contributed by atoms with E-state index in [4.69, 9.17) is 0 Å². The topological polar surface area (TPSA) is 0 Å². The average molecular weight is 166 g/mol. The second kappa shape index (κ2) is 3.26. The summed E-state index contributed by atoms with van der Waals surface area (Å²) in [5, 5.41) is 0. The fourth-order valence-corrected chi connectivity index (χ4v) is 1.08. The van der Waals surface area contributed by atoms with Gasteiger partial charge in [0.15, 0.2) is 0 Å². The van der Waals surface area contributed by atoms with Gasteiger partial charge in [0.25, 0.3) is 0 Å². The molecule has 12 heavy (non-hydrogen) atoms. The first-order valence-electron chi connectivity index (χ1n) is 4.19. The molecule has 0 aliphatic rings. The molecule has 0 fully saturated rings. The summed E-state index contributed by atoms with van der Waals surface area (Å²) in [5.41, 5.74) is 1.94. The fraction of sp³-hybridized carbons (Fsp3) is 0.455. The van der Waals surface area contributed by atoms with Gasteiger partial charge in [-0.25, -0.2) is 0 Å². The monoisotopic (exact) mass is 166 g/mol. The second-order valence-electron chi connectivity index (χ2n) is 3.88. The number of rotatable bonds is 2. The van der Waals surface area contributed by atoms with Crippen LogP contribution in [0.4, 0.5) is 4.39 Å². The van der Waals surface area contributed by atoms with E-state index in [1.54, 1.807) is 0 Å². The first kappa shape index (κ1) is 9.24. The summed E-state index contributed by atoms with van der Waals surface area (Å²) in [5.74, 6) is 0.